The van der Waals surface area contributed by atoms with Crippen molar-refractivity contribution in [1.82, 2.24) is 0 Å². The van der Waals surface area contributed by atoms with Crippen LogP contribution in [0.25, 0.3) is 0 Å². The van der Waals surface area contributed by atoms with Gasteiger partial charge in [0.05, 0.1) is 6.10 Å². The molecule has 5 nitrogen and oxygen atoms in total. The summed E-state index contributed by atoms with van der Waals surface area (Å²) in [6, 6.07) is 0. The van der Waals surface area contributed by atoms with Gasteiger partial charge in [0.25, 0.3) is 0 Å². The number of hydrogen-bond acceptors (Lipinski definition) is 5. The SMILES string of the molecule is CC(=O)OCC(O)C1(C)C=C2CCC3C(C)(CO)CC(=O)CC3(C)C2CC1. The first-order valence-electron chi connectivity index (χ1n) is 10.2. The molecule has 0 heterocycles. The van der Waals surface area contributed by atoms with E-state index in [1.165, 1.54) is 12.5 Å². The van der Waals surface area contributed by atoms with E-state index >= 15 is 0 Å². The molecule has 0 aliphatic heterocycles. The van der Waals surface area contributed by atoms with Gasteiger partial charge in [0.1, 0.15) is 12.4 Å². The van der Waals surface area contributed by atoms with Crippen molar-refractivity contribution >= 4 is 11.8 Å². The van der Waals surface area contributed by atoms with Crippen molar-refractivity contribution in [3.05, 3.63) is 11.6 Å². The smallest absolute Gasteiger partial charge is 0.302 e. The van der Waals surface area contributed by atoms with Gasteiger partial charge in [0, 0.05) is 37.2 Å². The quantitative estimate of drug-likeness (QED) is 0.580. The van der Waals surface area contributed by atoms with E-state index in [4.69, 9.17) is 4.74 Å². The van der Waals surface area contributed by atoms with Crippen LogP contribution in [0.3, 0.4) is 0 Å². The molecule has 0 bridgehead atoms. The number of allylic oxidation sites excluding steroid dienone is 1. The van der Waals surface area contributed by atoms with Crippen LogP contribution in [-0.2, 0) is 14.3 Å². The number of rotatable bonds is 4. The van der Waals surface area contributed by atoms with Crippen LogP contribution in [-0.4, -0.2) is 41.3 Å². The number of fused-ring (bicyclic) bond motifs is 3. The number of ketones is 1. The minimum atomic E-state index is -0.726. The van der Waals surface area contributed by atoms with E-state index in [9.17, 15) is 19.8 Å². The fourth-order valence-electron chi connectivity index (χ4n) is 6.39. The van der Waals surface area contributed by atoms with E-state index in [0.717, 1.165) is 25.7 Å². The number of ether oxygens (including phenoxy) is 1. The molecule has 6 atom stereocenters. The summed E-state index contributed by atoms with van der Waals surface area (Å²) >= 11 is 0. The number of esters is 1. The maximum atomic E-state index is 12.5. The van der Waals surface area contributed by atoms with Crippen LogP contribution in [0.15, 0.2) is 11.6 Å². The molecule has 3 rings (SSSR count). The maximum absolute atomic E-state index is 12.5. The van der Waals surface area contributed by atoms with E-state index in [0.29, 0.717) is 24.7 Å². The third kappa shape index (κ3) is 3.49. The van der Waals surface area contributed by atoms with Crippen molar-refractivity contribution in [2.45, 2.75) is 72.3 Å². The maximum Gasteiger partial charge on any atom is 0.302 e. The van der Waals surface area contributed by atoms with Gasteiger partial charge >= 0.3 is 5.97 Å². The predicted molar refractivity (Wildman–Crippen MR) is 102 cm³/mol. The Hall–Kier alpha value is -1.20. The summed E-state index contributed by atoms with van der Waals surface area (Å²) in [6.45, 7) is 7.76. The zero-order chi connectivity index (χ0) is 20.0. The zero-order valence-corrected chi connectivity index (χ0v) is 17.1. The van der Waals surface area contributed by atoms with Crippen LogP contribution in [0.5, 0.6) is 0 Å². The second-order valence-electron chi connectivity index (χ2n) is 9.94. The molecular weight excluding hydrogens is 344 g/mol. The van der Waals surface area contributed by atoms with Gasteiger partial charge in [-0.05, 0) is 42.9 Å². The lowest BCUT2D eigenvalue weighted by Gasteiger charge is -2.59. The highest BCUT2D eigenvalue weighted by molar-refractivity contribution is 5.81. The second-order valence-corrected chi connectivity index (χ2v) is 9.94. The van der Waals surface area contributed by atoms with E-state index in [-0.39, 0.29) is 35.8 Å². The van der Waals surface area contributed by atoms with E-state index in [2.05, 4.69) is 19.9 Å². The first-order chi connectivity index (χ1) is 12.5. The highest BCUT2D eigenvalue weighted by Gasteiger charge is 2.58. The second kappa shape index (κ2) is 7.00. The minimum Gasteiger partial charge on any atom is -0.463 e. The van der Waals surface area contributed by atoms with E-state index < -0.39 is 11.5 Å². The van der Waals surface area contributed by atoms with Crippen LogP contribution < -0.4 is 0 Å². The normalized spacial score (nSPS) is 42.6. The molecule has 0 saturated heterocycles. The average Bonchev–Trinajstić information content (AvgIpc) is 2.58. The third-order valence-corrected chi connectivity index (χ3v) is 7.84. The van der Waals surface area contributed by atoms with Crippen molar-refractivity contribution < 1.29 is 24.5 Å². The molecule has 3 aliphatic carbocycles. The first kappa shape index (κ1) is 20.5. The van der Waals surface area contributed by atoms with Crippen LogP contribution in [0.2, 0.25) is 0 Å². The van der Waals surface area contributed by atoms with Gasteiger partial charge in [-0.1, -0.05) is 32.4 Å². The Morgan fingerprint density at radius 3 is 2.63 bits per heavy atom. The molecule has 0 aromatic carbocycles. The topological polar surface area (TPSA) is 83.8 Å². The predicted octanol–water partition coefficient (Wildman–Crippen LogP) is 3.03. The number of carbonyl (C=O) groups is 2. The molecule has 2 saturated carbocycles. The molecule has 0 aromatic heterocycles. The van der Waals surface area contributed by atoms with E-state index in [1.54, 1.807) is 0 Å². The third-order valence-electron chi connectivity index (χ3n) is 7.84. The Balaban J connectivity index is 1.87. The van der Waals surface area contributed by atoms with Crippen molar-refractivity contribution in [1.29, 1.82) is 0 Å². The molecule has 27 heavy (non-hydrogen) atoms. The highest BCUT2D eigenvalue weighted by Crippen LogP contribution is 2.63. The zero-order valence-electron chi connectivity index (χ0n) is 17.1. The Labute approximate surface area is 162 Å². The Kier molecular flexibility index (Phi) is 5.32. The Morgan fingerprint density at radius 1 is 1.30 bits per heavy atom. The summed E-state index contributed by atoms with van der Waals surface area (Å²) < 4.78 is 5.03. The van der Waals surface area contributed by atoms with Crippen molar-refractivity contribution in [2.24, 2.45) is 28.1 Å². The van der Waals surface area contributed by atoms with E-state index in [1.807, 2.05) is 6.92 Å². The largest absolute Gasteiger partial charge is 0.463 e. The summed E-state index contributed by atoms with van der Waals surface area (Å²) in [5, 5.41) is 20.7. The summed E-state index contributed by atoms with van der Waals surface area (Å²) in [4.78, 5) is 23.6. The first-order valence-corrected chi connectivity index (χ1v) is 10.2. The number of Topliss-reactive ketones (excluding diaryl/α,β-unsaturated/α-hetero) is 1. The van der Waals surface area contributed by atoms with Gasteiger partial charge in [-0.25, -0.2) is 0 Å². The van der Waals surface area contributed by atoms with Gasteiger partial charge < -0.3 is 14.9 Å². The lowest BCUT2D eigenvalue weighted by atomic mass is 9.45. The number of carbonyl (C=O) groups excluding carboxylic acids is 2. The summed E-state index contributed by atoms with van der Waals surface area (Å²) in [6.07, 6.45) is 6.18. The molecule has 5 heteroatoms. The number of hydrogen-bond donors (Lipinski definition) is 2. The van der Waals surface area contributed by atoms with Crippen molar-refractivity contribution in [2.75, 3.05) is 13.2 Å². The van der Waals surface area contributed by atoms with Gasteiger partial charge in [-0.15, -0.1) is 0 Å². The van der Waals surface area contributed by atoms with Gasteiger partial charge in [-0.3, -0.25) is 9.59 Å². The minimum absolute atomic E-state index is 0.0151. The molecular formula is C22H34O5. The number of aliphatic hydroxyl groups excluding tert-OH is 2. The molecule has 152 valence electrons. The average molecular weight is 379 g/mol. The Morgan fingerprint density at radius 2 is 2.00 bits per heavy atom. The van der Waals surface area contributed by atoms with Crippen molar-refractivity contribution in [3.63, 3.8) is 0 Å². The van der Waals surface area contributed by atoms with Gasteiger partial charge in [-0.2, -0.15) is 0 Å². The summed E-state index contributed by atoms with van der Waals surface area (Å²) in [7, 11) is 0. The van der Waals surface area contributed by atoms with Crippen LogP contribution in [0.4, 0.5) is 0 Å². The van der Waals surface area contributed by atoms with Gasteiger partial charge in [0.2, 0.25) is 0 Å². The van der Waals surface area contributed by atoms with Crippen molar-refractivity contribution in [3.8, 4) is 0 Å². The molecule has 0 radical (unpaired) electrons. The molecule has 2 fully saturated rings. The fraction of sp³-hybridized carbons (Fsp3) is 0.818. The highest BCUT2D eigenvalue weighted by atomic mass is 16.5. The number of aliphatic hydroxyl groups is 2. The van der Waals surface area contributed by atoms with Gasteiger partial charge in [0.15, 0.2) is 0 Å². The van der Waals surface area contributed by atoms with Crippen LogP contribution in [0, 0.1) is 28.1 Å². The summed E-state index contributed by atoms with van der Waals surface area (Å²) in [5.41, 5.74) is 0.465. The summed E-state index contributed by atoms with van der Waals surface area (Å²) in [5.74, 6) is 0.538. The molecule has 0 spiro atoms. The monoisotopic (exact) mass is 378 g/mol. The lowest BCUT2D eigenvalue weighted by Crippen LogP contribution is -2.55. The Bertz CT molecular complexity index is 655. The van der Waals surface area contributed by atoms with Crippen LogP contribution >= 0.6 is 0 Å². The lowest BCUT2D eigenvalue weighted by molar-refractivity contribution is -0.147. The molecule has 2 N–H and O–H groups in total. The van der Waals surface area contributed by atoms with Crippen LogP contribution in [0.1, 0.15) is 66.2 Å². The molecule has 6 unspecified atom stereocenters. The molecule has 0 aromatic rings. The fourth-order valence-corrected chi connectivity index (χ4v) is 6.39. The standard InChI is InChI=1S/C22H34O5/c1-14(24)27-12-19(26)20(2)8-7-17-15(9-20)5-6-18-21(3,13-23)10-16(25)11-22(17,18)4/h9,17-19,23,26H,5-8,10-13H2,1-4H3. The molecule has 0 amide bonds. The molecule has 3 aliphatic rings.